The van der Waals surface area contributed by atoms with Crippen LogP contribution in [0.2, 0.25) is 0 Å². The van der Waals surface area contributed by atoms with Gasteiger partial charge in [0.25, 0.3) is 5.91 Å². The van der Waals surface area contributed by atoms with E-state index in [-0.39, 0.29) is 6.01 Å². The molecule has 0 aliphatic carbocycles. The lowest BCUT2D eigenvalue weighted by atomic mass is 10.2. The second-order valence-corrected chi connectivity index (χ2v) is 3.11. The van der Waals surface area contributed by atoms with E-state index in [0.29, 0.717) is 5.56 Å². The number of anilines is 1. The molecule has 0 spiro atoms. The molecule has 6 heteroatoms. The Balaban J connectivity index is 1.93. The summed E-state index contributed by atoms with van der Waals surface area (Å²) in [5, 5.41) is 4.42. The van der Waals surface area contributed by atoms with E-state index in [1.807, 2.05) is 0 Å². The van der Waals surface area contributed by atoms with Gasteiger partial charge in [0.1, 0.15) is 6.26 Å². The fourth-order valence-electron chi connectivity index (χ4n) is 1.18. The van der Waals surface area contributed by atoms with Gasteiger partial charge in [0.05, 0.1) is 6.20 Å². The summed E-state index contributed by atoms with van der Waals surface area (Å²) in [5.74, 6) is -0.491. The molecule has 0 saturated carbocycles. The summed E-state index contributed by atoms with van der Waals surface area (Å²) in [6.45, 7) is 0. The fourth-order valence-corrected chi connectivity index (χ4v) is 1.18. The van der Waals surface area contributed by atoms with Crippen LogP contribution in [0.5, 0.6) is 0 Å². The van der Waals surface area contributed by atoms with Crippen molar-refractivity contribution in [3.63, 3.8) is 0 Å². The molecule has 1 heterocycles. The van der Waals surface area contributed by atoms with Crippen LogP contribution < -0.4 is 10.6 Å². The van der Waals surface area contributed by atoms with Crippen LogP contribution >= 0.6 is 0 Å². The first-order valence-electron chi connectivity index (χ1n) is 4.82. The highest BCUT2D eigenvalue weighted by Gasteiger charge is 2.10. The summed E-state index contributed by atoms with van der Waals surface area (Å²) in [7, 11) is 0. The molecule has 1 aromatic carbocycles. The van der Waals surface area contributed by atoms with Crippen LogP contribution in [0.4, 0.5) is 10.8 Å². The number of hydrogen-bond acceptors (Lipinski definition) is 4. The SMILES string of the molecule is O=C(NC(=O)c1ccccc1)Nc1ncco1. The van der Waals surface area contributed by atoms with E-state index in [1.165, 1.54) is 12.5 Å². The van der Waals surface area contributed by atoms with Gasteiger partial charge in [-0.15, -0.1) is 0 Å². The number of nitrogens with zero attached hydrogens (tertiary/aromatic N) is 1. The third-order valence-electron chi connectivity index (χ3n) is 1.92. The topological polar surface area (TPSA) is 84.2 Å². The molecule has 0 aliphatic heterocycles. The second-order valence-electron chi connectivity index (χ2n) is 3.11. The van der Waals surface area contributed by atoms with E-state index in [0.717, 1.165) is 0 Å². The largest absolute Gasteiger partial charge is 0.432 e. The van der Waals surface area contributed by atoms with E-state index in [4.69, 9.17) is 4.42 Å². The monoisotopic (exact) mass is 231 g/mol. The zero-order valence-corrected chi connectivity index (χ0v) is 8.71. The average Bonchev–Trinajstić information content (AvgIpc) is 2.82. The molecule has 6 nitrogen and oxygen atoms in total. The van der Waals surface area contributed by atoms with Crippen LogP contribution in [0.25, 0.3) is 0 Å². The van der Waals surface area contributed by atoms with Crippen LogP contribution in [0.1, 0.15) is 10.4 Å². The minimum atomic E-state index is -0.693. The summed E-state index contributed by atoms with van der Waals surface area (Å²) < 4.78 is 4.80. The number of carbonyl (C=O) groups is 2. The molecule has 0 bridgehead atoms. The number of imide groups is 1. The molecular weight excluding hydrogens is 222 g/mol. The van der Waals surface area contributed by atoms with Gasteiger partial charge in [-0.2, -0.15) is 0 Å². The van der Waals surface area contributed by atoms with Gasteiger partial charge in [0.2, 0.25) is 0 Å². The summed E-state index contributed by atoms with van der Waals surface area (Å²) in [5.41, 5.74) is 0.398. The molecule has 2 aromatic rings. The first-order valence-corrected chi connectivity index (χ1v) is 4.82. The molecule has 0 fully saturated rings. The normalized spacial score (nSPS) is 9.65. The van der Waals surface area contributed by atoms with Crippen molar-refractivity contribution in [2.24, 2.45) is 0 Å². The second kappa shape index (κ2) is 4.93. The standard InChI is InChI=1S/C11H9N3O3/c15-9(8-4-2-1-3-5-8)13-10(16)14-11-12-6-7-17-11/h1-7H,(H2,12,13,14,15,16). The molecule has 0 saturated heterocycles. The molecule has 0 radical (unpaired) electrons. The van der Waals surface area contributed by atoms with Gasteiger partial charge in [-0.3, -0.25) is 15.4 Å². The van der Waals surface area contributed by atoms with Crippen LogP contribution in [0.3, 0.4) is 0 Å². The molecule has 1 aromatic heterocycles. The lowest BCUT2D eigenvalue weighted by molar-refractivity contribution is 0.0967. The van der Waals surface area contributed by atoms with Crippen LogP contribution in [-0.4, -0.2) is 16.9 Å². The Kier molecular flexibility index (Phi) is 3.15. The maximum absolute atomic E-state index is 11.6. The molecule has 2 N–H and O–H groups in total. The third kappa shape index (κ3) is 2.91. The highest BCUT2D eigenvalue weighted by molar-refractivity contribution is 6.07. The van der Waals surface area contributed by atoms with Gasteiger partial charge in [0, 0.05) is 5.56 Å². The first-order chi connectivity index (χ1) is 8.25. The highest BCUT2D eigenvalue weighted by atomic mass is 16.4. The highest BCUT2D eigenvalue weighted by Crippen LogP contribution is 2.01. The van der Waals surface area contributed by atoms with Gasteiger partial charge in [-0.25, -0.2) is 9.78 Å². The number of nitrogens with one attached hydrogen (secondary N) is 2. The maximum Gasteiger partial charge on any atom is 0.329 e. The molecule has 0 aliphatic rings. The lowest BCUT2D eigenvalue weighted by Gasteiger charge is -2.03. The predicted molar refractivity (Wildman–Crippen MR) is 59.4 cm³/mol. The number of hydrogen-bond donors (Lipinski definition) is 2. The Bertz CT molecular complexity index is 508. The number of benzene rings is 1. The Morgan fingerprint density at radius 3 is 2.59 bits per heavy atom. The number of amides is 3. The third-order valence-corrected chi connectivity index (χ3v) is 1.92. The van der Waals surface area contributed by atoms with E-state index >= 15 is 0 Å². The average molecular weight is 231 g/mol. The van der Waals surface area contributed by atoms with Crippen LogP contribution in [0, 0.1) is 0 Å². The van der Waals surface area contributed by atoms with Crippen molar-refractivity contribution in [2.45, 2.75) is 0 Å². The number of rotatable bonds is 2. The number of urea groups is 1. The molecule has 2 rings (SSSR count). The van der Waals surface area contributed by atoms with Crippen molar-refractivity contribution >= 4 is 18.0 Å². The Morgan fingerprint density at radius 2 is 1.94 bits per heavy atom. The number of carbonyl (C=O) groups excluding carboxylic acids is 2. The van der Waals surface area contributed by atoms with Crippen molar-refractivity contribution in [1.82, 2.24) is 10.3 Å². The molecule has 0 unspecified atom stereocenters. The summed E-state index contributed by atoms with van der Waals surface area (Å²) in [6, 6.07) is 7.75. The van der Waals surface area contributed by atoms with Gasteiger partial charge in [-0.05, 0) is 12.1 Å². The van der Waals surface area contributed by atoms with Gasteiger partial charge < -0.3 is 4.42 Å². The lowest BCUT2D eigenvalue weighted by Crippen LogP contribution is -2.34. The smallest absolute Gasteiger partial charge is 0.329 e. The van der Waals surface area contributed by atoms with E-state index in [2.05, 4.69) is 15.6 Å². The molecule has 86 valence electrons. The Morgan fingerprint density at radius 1 is 1.18 bits per heavy atom. The maximum atomic E-state index is 11.6. The first kappa shape index (κ1) is 10.9. The van der Waals surface area contributed by atoms with Gasteiger partial charge in [-0.1, -0.05) is 18.2 Å². The van der Waals surface area contributed by atoms with Gasteiger partial charge in [0.15, 0.2) is 0 Å². The predicted octanol–water partition coefficient (Wildman–Crippen LogP) is 1.64. The van der Waals surface area contributed by atoms with E-state index in [9.17, 15) is 9.59 Å². The van der Waals surface area contributed by atoms with Crippen molar-refractivity contribution in [2.75, 3.05) is 5.32 Å². The molecule has 3 amide bonds. The Hall–Kier alpha value is -2.63. The van der Waals surface area contributed by atoms with Crippen LogP contribution in [-0.2, 0) is 0 Å². The summed E-state index contributed by atoms with van der Waals surface area (Å²) in [4.78, 5) is 26.6. The fraction of sp³-hybridized carbons (Fsp3) is 0. The van der Waals surface area contributed by atoms with E-state index < -0.39 is 11.9 Å². The van der Waals surface area contributed by atoms with Crippen molar-refractivity contribution in [3.8, 4) is 0 Å². The van der Waals surface area contributed by atoms with Crippen molar-refractivity contribution < 1.29 is 14.0 Å². The number of aromatic nitrogens is 1. The Labute approximate surface area is 96.7 Å². The van der Waals surface area contributed by atoms with Crippen molar-refractivity contribution in [3.05, 3.63) is 48.4 Å². The zero-order valence-electron chi connectivity index (χ0n) is 8.71. The molecule has 17 heavy (non-hydrogen) atoms. The molecule has 0 atom stereocenters. The van der Waals surface area contributed by atoms with Crippen molar-refractivity contribution in [1.29, 1.82) is 0 Å². The van der Waals surface area contributed by atoms with Gasteiger partial charge >= 0.3 is 12.0 Å². The van der Waals surface area contributed by atoms with Crippen LogP contribution in [0.15, 0.2) is 47.2 Å². The zero-order chi connectivity index (χ0) is 12.1. The summed E-state index contributed by atoms with van der Waals surface area (Å²) >= 11 is 0. The van der Waals surface area contributed by atoms with E-state index in [1.54, 1.807) is 30.3 Å². The minimum Gasteiger partial charge on any atom is -0.432 e. The summed E-state index contributed by atoms with van der Waals surface area (Å²) in [6.07, 6.45) is 2.70. The quantitative estimate of drug-likeness (QED) is 0.822. The number of oxazole rings is 1. The molecular formula is C11H9N3O3. The minimum absolute atomic E-state index is 0.0309.